The summed E-state index contributed by atoms with van der Waals surface area (Å²) in [7, 11) is 0. The van der Waals surface area contributed by atoms with Crippen molar-refractivity contribution in [1.29, 1.82) is 0 Å². The molecule has 0 atom stereocenters. The van der Waals surface area contributed by atoms with Crippen molar-refractivity contribution in [3.05, 3.63) is 54.1 Å². The standard InChI is InChI=1S/C15H17N3O/c16-10-4-5-12-11-14(8-9-15(12)19)18-17-13-6-2-1-3-7-13/h1-3,6-9,11,19H,4-5,10,16H2. The summed E-state index contributed by atoms with van der Waals surface area (Å²) in [6.07, 6.45) is 1.59. The lowest BCUT2D eigenvalue weighted by molar-refractivity contribution is 0.467. The predicted octanol–water partition coefficient (Wildman–Crippen LogP) is 3.70. The highest BCUT2D eigenvalue weighted by atomic mass is 16.3. The number of hydrogen-bond acceptors (Lipinski definition) is 4. The second-order valence-electron chi connectivity index (χ2n) is 4.24. The van der Waals surface area contributed by atoms with Gasteiger partial charge in [-0.15, -0.1) is 0 Å². The summed E-state index contributed by atoms with van der Waals surface area (Å²) in [6.45, 7) is 0.606. The molecule has 0 aliphatic rings. The van der Waals surface area contributed by atoms with Crippen LogP contribution >= 0.6 is 0 Å². The molecule has 0 aliphatic heterocycles. The minimum atomic E-state index is 0.284. The number of nitrogens with zero attached hydrogens (tertiary/aromatic N) is 2. The molecule has 0 heterocycles. The van der Waals surface area contributed by atoms with E-state index in [4.69, 9.17) is 5.73 Å². The van der Waals surface area contributed by atoms with Crippen LogP contribution in [0.5, 0.6) is 5.75 Å². The van der Waals surface area contributed by atoms with Crippen molar-refractivity contribution in [3.8, 4) is 5.75 Å². The number of phenols is 1. The number of hydrogen-bond donors (Lipinski definition) is 2. The molecule has 0 fully saturated rings. The summed E-state index contributed by atoms with van der Waals surface area (Å²) in [5.74, 6) is 0.284. The van der Waals surface area contributed by atoms with Crippen molar-refractivity contribution in [2.24, 2.45) is 16.0 Å². The first-order valence-electron chi connectivity index (χ1n) is 6.28. The summed E-state index contributed by atoms with van der Waals surface area (Å²) < 4.78 is 0. The van der Waals surface area contributed by atoms with Crippen LogP contribution < -0.4 is 5.73 Å². The molecule has 98 valence electrons. The fourth-order valence-corrected chi connectivity index (χ4v) is 1.74. The van der Waals surface area contributed by atoms with Crippen LogP contribution in [0.3, 0.4) is 0 Å². The van der Waals surface area contributed by atoms with Gasteiger partial charge in [0.25, 0.3) is 0 Å². The maximum Gasteiger partial charge on any atom is 0.118 e. The number of aryl methyl sites for hydroxylation is 1. The minimum Gasteiger partial charge on any atom is -0.508 e. The molecule has 0 aromatic heterocycles. The van der Waals surface area contributed by atoms with E-state index >= 15 is 0 Å². The predicted molar refractivity (Wildman–Crippen MR) is 76.1 cm³/mol. The van der Waals surface area contributed by atoms with Crippen molar-refractivity contribution >= 4 is 11.4 Å². The molecule has 2 rings (SSSR count). The molecule has 0 saturated carbocycles. The molecular formula is C15H17N3O. The van der Waals surface area contributed by atoms with E-state index in [1.54, 1.807) is 12.1 Å². The van der Waals surface area contributed by atoms with Crippen LogP contribution in [0.2, 0.25) is 0 Å². The van der Waals surface area contributed by atoms with E-state index in [0.717, 1.165) is 29.8 Å². The van der Waals surface area contributed by atoms with E-state index in [-0.39, 0.29) is 5.75 Å². The lowest BCUT2D eigenvalue weighted by Gasteiger charge is -2.04. The zero-order chi connectivity index (χ0) is 13.5. The lowest BCUT2D eigenvalue weighted by atomic mass is 10.1. The molecule has 0 saturated heterocycles. The molecule has 0 amide bonds. The molecule has 2 aromatic rings. The number of phenolic OH excluding ortho intramolecular Hbond substituents is 1. The fraction of sp³-hybridized carbons (Fsp3) is 0.200. The van der Waals surface area contributed by atoms with Gasteiger partial charge in [-0.05, 0) is 55.3 Å². The van der Waals surface area contributed by atoms with Crippen molar-refractivity contribution in [2.75, 3.05) is 6.54 Å². The highest BCUT2D eigenvalue weighted by molar-refractivity contribution is 5.47. The van der Waals surface area contributed by atoms with Gasteiger partial charge in [0.15, 0.2) is 0 Å². The Bertz CT molecular complexity index is 553. The second kappa shape index (κ2) is 6.66. The zero-order valence-corrected chi connectivity index (χ0v) is 10.7. The molecule has 0 unspecified atom stereocenters. The largest absolute Gasteiger partial charge is 0.508 e. The van der Waals surface area contributed by atoms with Crippen LogP contribution in [-0.4, -0.2) is 11.7 Å². The van der Waals surface area contributed by atoms with Gasteiger partial charge >= 0.3 is 0 Å². The van der Waals surface area contributed by atoms with Crippen molar-refractivity contribution in [1.82, 2.24) is 0 Å². The van der Waals surface area contributed by atoms with Crippen LogP contribution in [0.1, 0.15) is 12.0 Å². The second-order valence-corrected chi connectivity index (χ2v) is 4.24. The smallest absolute Gasteiger partial charge is 0.118 e. The van der Waals surface area contributed by atoms with Gasteiger partial charge in [-0.1, -0.05) is 18.2 Å². The summed E-state index contributed by atoms with van der Waals surface area (Å²) in [4.78, 5) is 0. The normalized spacial score (nSPS) is 11.0. The molecular weight excluding hydrogens is 238 g/mol. The Kier molecular flexibility index (Phi) is 4.64. The highest BCUT2D eigenvalue weighted by Gasteiger charge is 2.02. The number of azo groups is 1. The summed E-state index contributed by atoms with van der Waals surface area (Å²) in [5, 5.41) is 18.0. The monoisotopic (exact) mass is 255 g/mol. The molecule has 19 heavy (non-hydrogen) atoms. The first-order chi connectivity index (χ1) is 9.29. The highest BCUT2D eigenvalue weighted by Crippen LogP contribution is 2.25. The van der Waals surface area contributed by atoms with Crippen molar-refractivity contribution < 1.29 is 5.11 Å². The van der Waals surface area contributed by atoms with E-state index in [9.17, 15) is 5.11 Å². The van der Waals surface area contributed by atoms with Gasteiger partial charge in [-0.2, -0.15) is 10.2 Å². The van der Waals surface area contributed by atoms with Gasteiger partial charge in [0, 0.05) is 0 Å². The first-order valence-corrected chi connectivity index (χ1v) is 6.28. The van der Waals surface area contributed by atoms with Gasteiger partial charge in [-0.3, -0.25) is 0 Å². The molecule has 4 nitrogen and oxygen atoms in total. The van der Waals surface area contributed by atoms with Crippen LogP contribution in [0.15, 0.2) is 58.8 Å². The minimum absolute atomic E-state index is 0.284. The molecule has 3 N–H and O–H groups in total. The van der Waals surface area contributed by atoms with E-state index in [1.807, 2.05) is 36.4 Å². The van der Waals surface area contributed by atoms with Crippen molar-refractivity contribution in [3.63, 3.8) is 0 Å². The maximum absolute atomic E-state index is 9.73. The Balaban J connectivity index is 2.14. The average molecular weight is 255 g/mol. The van der Waals surface area contributed by atoms with E-state index in [1.165, 1.54) is 0 Å². The van der Waals surface area contributed by atoms with Gasteiger partial charge in [0.2, 0.25) is 0 Å². The van der Waals surface area contributed by atoms with Crippen LogP contribution in [0.4, 0.5) is 11.4 Å². The van der Waals surface area contributed by atoms with E-state index in [0.29, 0.717) is 6.54 Å². The number of nitrogens with two attached hydrogens (primary N) is 1. The molecule has 0 spiro atoms. The van der Waals surface area contributed by atoms with E-state index < -0.39 is 0 Å². The molecule has 2 aromatic carbocycles. The first kappa shape index (κ1) is 13.2. The van der Waals surface area contributed by atoms with Gasteiger partial charge in [0.1, 0.15) is 5.75 Å². The Labute approximate surface area is 112 Å². The third-order valence-corrected chi connectivity index (χ3v) is 2.75. The maximum atomic E-state index is 9.73. The Hall–Kier alpha value is -2.20. The number of rotatable bonds is 5. The zero-order valence-electron chi connectivity index (χ0n) is 10.7. The van der Waals surface area contributed by atoms with Crippen LogP contribution in [-0.2, 0) is 6.42 Å². The Morgan fingerprint density at radius 3 is 2.42 bits per heavy atom. The number of aromatic hydroxyl groups is 1. The summed E-state index contributed by atoms with van der Waals surface area (Å²) in [5.41, 5.74) is 7.87. The topological polar surface area (TPSA) is 71.0 Å². The molecule has 0 aliphatic carbocycles. The molecule has 0 bridgehead atoms. The molecule has 0 radical (unpaired) electrons. The number of benzene rings is 2. The Morgan fingerprint density at radius 1 is 0.947 bits per heavy atom. The van der Waals surface area contributed by atoms with Crippen LogP contribution in [0.25, 0.3) is 0 Å². The lowest BCUT2D eigenvalue weighted by Crippen LogP contribution is -2.00. The average Bonchev–Trinajstić information content (AvgIpc) is 2.46. The Morgan fingerprint density at radius 2 is 1.68 bits per heavy atom. The quantitative estimate of drug-likeness (QED) is 0.800. The SMILES string of the molecule is NCCCc1cc(N=Nc2ccccc2)ccc1O. The van der Waals surface area contributed by atoms with Gasteiger partial charge in [0.05, 0.1) is 11.4 Å². The summed E-state index contributed by atoms with van der Waals surface area (Å²) >= 11 is 0. The summed E-state index contributed by atoms with van der Waals surface area (Å²) in [6, 6.07) is 14.8. The third-order valence-electron chi connectivity index (χ3n) is 2.75. The fourth-order valence-electron chi connectivity index (χ4n) is 1.74. The van der Waals surface area contributed by atoms with E-state index in [2.05, 4.69) is 10.2 Å². The van der Waals surface area contributed by atoms with Crippen molar-refractivity contribution in [2.45, 2.75) is 12.8 Å². The van der Waals surface area contributed by atoms with Crippen LogP contribution in [0, 0.1) is 0 Å². The van der Waals surface area contributed by atoms with Gasteiger partial charge < -0.3 is 10.8 Å². The third kappa shape index (κ3) is 3.89. The molecule has 4 heteroatoms. The van der Waals surface area contributed by atoms with Gasteiger partial charge in [-0.25, -0.2) is 0 Å².